The van der Waals surface area contributed by atoms with E-state index in [-0.39, 0.29) is 5.54 Å². The molecule has 1 aliphatic carbocycles. The molecule has 0 bridgehead atoms. The van der Waals surface area contributed by atoms with Crippen LogP contribution in [0.5, 0.6) is 0 Å². The van der Waals surface area contributed by atoms with Crippen molar-refractivity contribution in [2.24, 2.45) is 17.6 Å². The van der Waals surface area contributed by atoms with Crippen LogP contribution >= 0.6 is 15.9 Å². The van der Waals surface area contributed by atoms with Gasteiger partial charge in [-0.15, -0.1) is 0 Å². The van der Waals surface area contributed by atoms with Crippen LogP contribution in [0.25, 0.3) is 0 Å². The molecule has 19 heavy (non-hydrogen) atoms. The van der Waals surface area contributed by atoms with Crippen LogP contribution in [-0.2, 0) is 0 Å². The van der Waals surface area contributed by atoms with E-state index < -0.39 is 0 Å². The Kier molecular flexibility index (Phi) is 4.91. The summed E-state index contributed by atoms with van der Waals surface area (Å²) < 4.78 is 1.11. The van der Waals surface area contributed by atoms with Crippen molar-refractivity contribution >= 4 is 21.6 Å². The lowest BCUT2D eigenvalue weighted by Crippen LogP contribution is -2.55. The molecule has 3 heteroatoms. The maximum Gasteiger partial charge on any atom is 0.0526 e. The van der Waals surface area contributed by atoms with Gasteiger partial charge in [0.15, 0.2) is 0 Å². The van der Waals surface area contributed by atoms with E-state index in [9.17, 15) is 0 Å². The van der Waals surface area contributed by atoms with Crippen LogP contribution in [0.15, 0.2) is 28.7 Å². The molecule has 1 aromatic rings. The Morgan fingerprint density at radius 2 is 2.21 bits per heavy atom. The molecule has 0 saturated heterocycles. The van der Waals surface area contributed by atoms with E-state index in [1.165, 1.54) is 31.4 Å². The van der Waals surface area contributed by atoms with Crippen LogP contribution in [-0.4, -0.2) is 12.1 Å². The van der Waals surface area contributed by atoms with Crippen LogP contribution in [0.3, 0.4) is 0 Å². The number of nitrogens with one attached hydrogen (secondary N) is 1. The van der Waals surface area contributed by atoms with E-state index in [0.29, 0.717) is 18.4 Å². The highest BCUT2D eigenvalue weighted by atomic mass is 79.9. The first-order valence-corrected chi connectivity index (χ1v) is 8.10. The van der Waals surface area contributed by atoms with E-state index in [2.05, 4.69) is 59.4 Å². The number of rotatable bonds is 4. The van der Waals surface area contributed by atoms with Crippen molar-refractivity contribution in [1.29, 1.82) is 0 Å². The molecular weight excluding hydrogens is 300 g/mol. The Bertz CT molecular complexity index is 419. The molecule has 2 nitrogen and oxygen atoms in total. The maximum atomic E-state index is 6.18. The summed E-state index contributed by atoms with van der Waals surface area (Å²) in [6.45, 7) is 5.36. The quantitative estimate of drug-likeness (QED) is 0.861. The molecule has 3 N–H and O–H groups in total. The Balaban J connectivity index is 2.25. The lowest BCUT2D eigenvalue weighted by Gasteiger charge is -2.47. The normalized spacial score (nSPS) is 27.5. The van der Waals surface area contributed by atoms with E-state index in [1.807, 2.05) is 0 Å². The van der Waals surface area contributed by atoms with E-state index >= 15 is 0 Å². The largest absolute Gasteiger partial charge is 0.378 e. The number of anilines is 1. The lowest BCUT2D eigenvalue weighted by molar-refractivity contribution is 0.166. The molecule has 2 unspecified atom stereocenters. The first-order valence-electron chi connectivity index (χ1n) is 7.31. The zero-order chi connectivity index (χ0) is 13.9. The molecule has 0 aliphatic heterocycles. The number of benzene rings is 1. The molecule has 2 rings (SSSR count). The molecule has 1 fully saturated rings. The third-order valence-corrected chi connectivity index (χ3v) is 4.98. The Hall–Kier alpha value is -0.540. The summed E-state index contributed by atoms with van der Waals surface area (Å²) in [5.74, 6) is 1.33. The molecule has 0 spiro atoms. The van der Waals surface area contributed by atoms with Crippen molar-refractivity contribution in [3.05, 3.63) is 28.7 Å². The van der Waals surface area contributed by atoms with Gasteiger partial charge in [0.1, 0.15) is 0 Å². The van der Waals surface area contributed by atoms with Crippen LogP contribution in [0.2, 0.25) is 0 Å². The van der Waals surface area contributed by atoms with Crippen LogP contribution in [0.4, 0.5) is 5.69 Å². The zero-order valence-electron chi connectivity index (χ0n) is 12.0. The van der Waals surface area contributed by atoms with Gasteiger partial charge < -0.3 is 11.1 Å². The standard InChI is InChI=1S/C16H25BrN2/c1-12(2)15-8-3-4-9-16(15,11-18)19-14-7-5-6-13(17)10-14/h5-7,10,12,15,19H,3-4,8-9,11,18H2,1-2H3. The lowest BCUT2D eigenvalue weighted by atomic mass is 9.67. The average molecular weight is 325 g/mol. The first-order chi connectivity index (χ1) is 9.07. The molecular formula is C16H25BrN2. The molecule has 0 heterocycles. The fourth-order valence-corrected chi connectivity index (χ4v) is 3.95. The highest BCUT2D eigenvalue weighted by Gasteiger charge is 2.40. The first kappa shape index (κ1) is 14.9. The minimum Gasteiger partial charge on any atom is -0.378 e. The predicted molar refractivity (Wildman–Crippen MR) is 86.3 cm³/mol. The second-order valence-corrected chi connectivity index (χ2v) is 7.01. The second-order valence-electron chi connectivity index (χ2n) is 6.09. The van der Waals surface area contributed by atoms with Crippen molar-refractivity contribution in [3.8, 4) is 0 Å². The highest BCUT2D eigenvalue weighted by molar-refractivity contribution is 9.10. The third kappa shape index (κ3) is 3.32. The molecule has 0 aromatic heterocycles. The van der Waals surface area contributed by atoms with Gasteiger partial charge in [-0.1, -0.05) is 48.7 Å². The van der Waals surface area contributed by atoms with E-state index in [4.69, 9.17) is 5.73 Å². The summed E-state index contributed by atoms with van der Waals surface area (Å²) in [7, 11) is 0. The summed E-state index contributed by atoms with van der Waals surface area (Å²) in [6.07, 6.45) is 5.08. The number of hydrogen-bond acceptors (Lipinski definition) is 2. The van der Waals surface area contributed by atoms with Gasteiger partial charge in [-0.3, -0.25) is 0 Å². The summed E-state index contributed by atoms with van der Waals surface area (Å²) in [6, 6.07) is 8.41. The van der Waals surface area contributed by atoms with E-state index in [0.717, 1.165) is 4.47 Å². The highest BCUT2D eigenvalue weighted by Crippen LogP contribution is 2.40. The minimum absolute atomic E-state index is 0.0627. The fourth-order valence-electron chi connectivity index (χ4n) is 3.55. The van der Waals surface area contributed by atoms with Crippen LogP contribution < -0.4 is 11.1 Å². The van der Waals surface area contributed by atoms with Crippen molar-refractivity contribution < 1.29 is 0 Å². The molecule has 1 aromatic carbocycles. The smallest absolute Gasteiger partial charge is 0.0526 e. The SMILES string of the molecule is CC(C)C1CCCCC1(CN)Nc1cccc(Br)c1. The molecule has 2 atom stereocenters. The molecule has 0 radical (unpaired) electrons. The van der Waals surface area contributed by atoms with Crippen molar-refractivity contribution in [3.63, 3.8) is 0 Å². The molecule has 106 valence electrons. The van der Waals surface area contributed by atoms with Crippen molar-refractivity contribution in [2.45, 2.75) is 45.1 Å². The van der Waals surface area contributed by atoms with Crippen molar-refractivity contribution in [2.75, 3.05) is 11.9 Å². The molecule has 1 aliphatic rings. The minimum atomic E-state index is 0.0627. The van der Waals surface area contributed by atoms with Crippen LogP contribution in [0.1, 0.15) is 39.5 Å². The van der Waals surface area contributed by atoms with Gasteiger partial charge in [-0.2, -0.15) is 0 Å². The number of hydrogen-bond donors (Lipinski definition) is 2. The Morgan fingerprint density at radius 1 is 1.42 bits per heavy atom. The van der Waals surface area contributed by atoms with Gasteiger partial charge in [-0.25, -0.2) is 0 Å². The van der Waals surface area contributed by atoms with Gasteiger partial charge in [0, 0.05) is 16.7 Å². The van der Waals surface area contributed by atoms with Gasteiger partial charge in [0.25, 0.3) is 0 Å². The monoisotopic (exact) mass is 324 g/mol. The van der Waals surface area contributed by atoms with Gasteiger partial charge in [0.2, 0.25) is 0 Å². The Morgan fingerprint density at radius 3 is 2.84 bits per heavy atom. The van der Waals surface area contributed by atoms with Gasteiger partial charge >= 0.3 is 0 Å². The summed E-state index contributed by atoms with van der Waals surface area (Å²) in [5.41, 5.74) is 7.41. The van der Waals surface area contributed by atoms with Gasteiger partial charge in [0.05, 0.1) is 5.54 Å². The Labute approximate surface area is 125 Å². The summed E-state index contributed by atoms with van der Waals surface area (Å²) >= 11 is 3.54. The predicted octanol–water partition coefficient (Wildman–Crippen LogP) is 4.40. The average Bonchev–Trinajstić information content (AvgIpc) is 2.39. The zero-order valence-corrected chi connectivity index (χ0v) is 13.5. The fraction of sp³-hybridized carbons (Fsp3) is 0.625. The van der Waals surface area contributed by atoms with Crippen molar-refractivity contribution in [1.82, 2.24) is 0 Å². The topological polar surface area (TPSA) is 38.0 Å². The van der Waals surface area contributed by atoms with Gasteiger partial charge in [-0.05, 0) is 42.9 Å². The molecule has 0 amide bonds. The summed E-state index contributed by atoms with van der Waals surface area (Å²) in [5, 5.41) is 3.76. The second kappa shape index (κ2) is 6.27. The summed E-state index contributed by atoms with van der Waals surface area (Å²) in [4.78, 5) is 0. The number of halogens is 1. The number of nitrogens with two attached hydrogens (primary N) is 1. The molecule has 1 saturated carbocycles. The maximum absolute atomic E-state index is 6.18. The third-order valence-electron chi connectivity index (χ3n) is 4.48. The van der Waals surface area contributed by atoms with E-state index in [1.54, 1.807) is 0 Å². The van der Waals surface area contributed by atoms with Crippen LogP contribution in [0, 0.1) is 11.8 Å².